The van der Waals surface area contributed by atoms with E-state index in [1.807, 2.05) is 0 Å². The molecule has 1 aromatic carbocycles. The summed E-state index contributed by atoms with van der Waals surface area (Å²) in [5, 5.41) is -0.0208. The van der Waals surface area contributed by atoms with Gasteiger partial charge in [0.1, 0.15) is 0 Å². The lowest BCUT2D eigenvalue weighted by atomic mass is 10.0. The van der Waals surface area contributed by atoms with Gasteiger partial charge in [0, 0.05) is 11.3 Å². The van der Waals surface area contributed by atoms with Crippen LogP contribution >= 0.6 is 27.5 Å². The molecule has 0 spiro atoms. The summed E-state index contributed by atoms with van der Waals surface area (Å²) in [5.74, 6) is -2.14. The third-order valence-electron chi connectivity index (χ3n) is 2.88. The van der Waals surface area contributed by atoms with Crippen LogP contribution in [-0.4, -0.2) is 19.4 Å². The van der Waals surface area contributed by atoms with E-state index in [9.17, 15) is 17.2 Å². The Labute approximate surface area is 118 Å². The van der Waals surface area contributed by atoms with Crippen LogP contribution in [0.1, 0.15) is 24.2 Å². The molecule has 2 nitrogen and oxygen atoms in total. The molecular weight excluding hydrogens is 350 g/mol. The number of hydrogen-bond acceptors (Lipinski definition) is 2. The van der Waals surface area contributed by atoms with E-state index in [-0.39, 0.29) is 10.6 Å². The first-order valence-corrected chi connectivity index (χ1v) is 8.15. The summed E-state index contributed by atoms with van der Waals surface area (Å²) in [6.07, 6.45) is 1.08. The summed E-state index contributed by atoms with van der Waals surface area (Å²) in [4.78, 5) is -0.748. The van der Waals surface area contributed by atoms with Crippen LogP contribution in [0.5, 0.6) is 0 Å². The van der Waals surface area contributed by atoms with Crippen LogP contribution in [0.25, 0.3) is 0 Å². The van der Waals surface area contributed by atoms with Gasteiger partial charge in [0.15, 0.2) is 21.5 Å². The molecule has 0 radical (unpaired) electrons. The normalized spacial score (nSPS) is 14.6. The smallest absolute Gasteiger partial charge is 0.160 e. The van der Waals surface area contributed by atoms with Crippen molar-refractivity contribution in [1.29, 1.82) is 0 Å². The van der Waals surface area contributed by atoms with Gasteiger partial charge >= 0.3 is 0 Å². The maximum atomic E-state index is 13.2. The fraction of sp³-hybridized carbons (Fsp3) is 0.455. The molecule has 0 heterocycles. The lowest BCUT2D eigenvalue weighted by Crippen LogP contribution is -2.35. The van der Waals surface area contributed by atoms with Crippen molar-refractivity contribution in [3.05, 3.63) is 34.4 Å². The Morgan fingerprint density at radius 3 is 2.17 bits per heavy atom. The van der Waals surface area contributed by atoms with E-state index in [0.29, 0.717) is 0 Å². The third-order valence-corrected chi connectivity index (χ3v) is 7.29. The van der Waals surface area contributed by atoms with Crippen LogP contribution in [0.4, 0.5) is 8.78 Å². The van der Waals surface area contributed by atoms with E-state index in [1.165, 1.54) is 13.8 Å². The van der Waals surface area contributed by atoms with Crippen LogP contribution in [0.15, 0.2) is 12.1 Å². The number of sulfone groups is 1. The molecule has 0 bridgehead atoms. The van der Waals surface area contributed by atoms with Gasteiger partial charge in [-0.2, -0.15) is 0 Å². The zero-order chi connectivity index (χ0) is 14.3. The van der Waals surface area contributed by atoms with Crippen molar-refractivity contribution in [2.45, 2.75) is 23.4 Å². The Hall–Kier alpha value is -0.200. The molecule has 1 atom stereocenters. The van der Waals surface area contributed by atoms with E-state index < -0.39 is 31.0 Å². The quantitative estimate of drug-likeness (QED) is 0.605. The highest BCUT2D eigenvalue weighted by Crippen LogP contribution is 2.42. The zero-order valence-electron chi connectivity index (χ0n) is 9.97. The molecule has 0 fully saturated rings. The van der Waals surface area contributed by atoms with Gasteiger partial charge in [-0.25, -0.2) is 17.2 Å². The van der Waals surface area contributed by atoms with Crippen molar-refractivity contribution in [2.24, 2.45) is 0 Å². The summed E-state index contributed by atoms with van der Waals surface area (Å²) in [5.41, 5.74) is 0.200. The third kappa shape index (κ3) is 2.86. The number of halogens is 4. The first kappa shape index (κ1) is 15.9. The van der Waals surface area contributed by atoms with E-state index in [1.54, 1.807) is 0 Å². The summed E-state index contributed by atoms with van der Waals surface area (Å²) < 4.78 is 48.3. The first-order chi connectivity index (χ1) is 7.98. The second-order valence-electron chi connectivity index (χ2n) is 4.53. The molecule has 0 aliphatic heterocycles. The van der Waals surface area contributed by atoms with Crippen molar-refractivity contribution in [2.75, 3.05) is 6.26 Å². The van der Waals surface area contributed by atoms with Gasteiger partial charge < -0.3 is 0 Å². The molecule has 1 unspecified atom stereocenters. The Morgan fingerprint density at radius 2 is 1.72 bits per heavy atom. The van der Waals surface area contributed by atoms with Crippen LogP contribution in [-0.2, 0) is 9.84 Å². The second kappa shape index (κ2) is 5.06. The number of benzene rings is 1. The minimum atomic E-state index is -3.41. The van der Waals surface area contributed by atoms with Crippen LogP contribution in [0.3, 0.4) is 0 Å². The maximum absolute atomic E-state index is 13.2. The molecule has 7 heteroatoms. The standard InChI is InChI=1S/C11H12BrClF2O2S/c1-11(2,18(3,16)17)10(12)6-4-8(14)9(15)5-7(6)13/h4-5,10H,1-3H3. The predicted molar refractivity (Wildman–Crippen MR) is 72.0 cm³/mol. The van der Waals surface area contributed by atoms with Gasteiger partial charge in [-0.1, -0.05) is 27.5 Å². The molecule has 18 heavy (non-hydrogen) atoms. The van der Waals surface area contributed by atoms with Crippen molar-refractivity contribution in [3.63, 3.8) is 0 Å². The monoisotopic (exact) mass is 360 g/mol. The number of alkyl halides is 1. The second-order valence-corrected chi connectivity index (χ2v) is 8.45. The number of hydrogen-bond donors (Lipinski definition) is 0. The van der Waals surface area contributed by atoms with Crippen molar-refractivity contribution in [3.8, 4) is 0 Å². The van der Waals surface area contributed by atoms with Crippen molar-refractivity contribution >= 4 is 37.4 Å². The molecule has 0 saturated carbocycles. The Kier molecular flexibility index (Phi) is 4.45. The summed E-state index contributed by atoms with van der Waals surface area (Å²) in [6.45, 7) is 2.97. The molecule has 0 aromatic heterocycles. The van der Waals surface area contributed by atoms with E-state index in [0.717, 1.165) is 18.4 Å². The van der Waals surface area contributed by atoms with Gasteiger partial charge in [-0.3, -0.25) is 0 Å². The van der Waals surface area contributed by atoms with E-state index >= 15 is 0 Å². The molecule has 0 aliphatic rings. The maximum Gasteiger partial charge on any atom is 0.160 e. The number of rotatable bonds is 3. The zero-order valence-corrected chi connectivity index (χ0v) is 13.1. The Morgan fingerprint density at radius 1 is 1.28 bits per heavy atom. The summed E-state index contributed by atoms with van der Waals surface area (Å²) in [6, 6.07) is 1.74. The SMILES string of the molecule is CC(C)(C(Br)c1cc(F)c(F)cc1Cl)S(C)(=O)=O. The summed E-state index contributed by atoms with van der Waals surface area (Å²) in [7, 11) is -3.41. The Balaban J connectivity index is 3.36. The molecule has 1 rings (SSSR count). The highest BCUT2D eigenvalue weighted by atomic mass is 79.9. The average Bonchev–Trinajstić information content (AvgIpc) is 2.20. The van der Waals surface area contributed by atoms with Crippen molar-refractivity contribution in [1.82, 2.24) is 0 Å². The first-order valence-electron chi connectivity index (χ1n) is 4.96. The molecule has 0 N–H and O–H groups in total. The predicted octanol–water partition coefficient (Wildman–Crippen LogP) is 3.88. The highest BCUT2D eigenvalue weighted by Gasteiger charge is 2.39. The lowest BCUT2D eigenvalue weighted by molar-refractivity contribution is 0.504. The molecule has 0 aliphatic carbocycles. The van der Waals surface area contributed by atoms with Crippen LogP contribution < -0.4 is 0 Å². The van der Waals surface area contributed by atoms with Crippen molar-refractivity contribution < 1.29 is 17.2 Å². The minimum Gasteiger partial charge on any atom is -0.229 e. The van der Waals surface area contributed by atoms with Gasteiger partial charge in [-0.15, -0.1) is 0 Å². The molecular formula is C11H12BrClF2O2S. The lowest BCUT2D eigenvalue weighted by Gasteiger charge is -2.29. The van der Waals surface area contributed by atoms with Gasteiger partial charge in [-0.05, 0) is 31.5 Å². The molecule has 102 valence electrons. The average molecular weight is 362 g/mol. The van der Waals surface area contributed by atoms with Crippen LogP contribution in [0.2, 0.25) is 5.02 Å². The molecule has 1 aromatic rings. The molecule has 0 saturated heterocycles. The van der Waals surface area contributed by atoms with Gasteiger partial charge in [0.2, 0.25) is 0 Å². The summed E-state index contributed by atoms with van der Waals surface area (Å²) >= 11 is 9.02. The van der Waals surface area contributed by atoms with Gasteiger partial charge in [0.05, 0.1) is 9.57 Å². The highest BCUT2D eigenvalue weighted by molar-refractivity contribution is 9.09. The molecule has 0 amide bonds. The minimum absolute atomic E-state index is 0.0208. The largest absolute Gasteiger partial charge is 0.229 e. The van der Waals surface area contributed by atoms with E-state index in [4.69, 9.17) is 11.6 Å². The Bertz CT molecular complexity index is 573. The van der Waals surface area contributed by atoms with Gasteiger partial charge in [0.25, 0.3) is 0 Å². The fourth-order valence-corrected chi connectivity index (χ4v) is 3.59. The van der Waals surface area contributed by atoms with Crippen LogP contribution in [0, 0.1) is 11.6 Å². The van der Waals surface area contributed by atoms with E-state index in [2.05, 4.69) is 15.9 Å². The topological polar surface area (TPSA) is 34.1 Å². The fourth-order valence-electron chi connectivity index (χ4n) is 1.29.